The summed E-state index contributed by atoms with van der Waals surface area (Å²) in [6.07, 6.45) is 13.3. The van der Waals surface area contributed by atoms with E-state index < -0.39 is 0 Å². The summed E-state index contributed by atoms with van der Waals surface area (Å²) in [6, 6.07) is 0. The molecule has 23 heavy (non-hydrogen) atoms. The van der Waals surface area contributed by atoms with Crippen molar-refractivity contribution in [2.75, 3.05) is 0 Å². The standard InChI is InChI=1S/C20H30P2S/c1-13-9-10-14(2)21(13)19-17-7-5-6-8-18(17)23-20(19)22-15(3)11-12-16(22)4/h6,8,13-16H,5,7,9-12H2,1-4H3/t13-,14-,15-,16-/m0/s1. The minimum Gasteiger partial charge on any atom is -0.135 e. The van der Waals surface area contributed by atoms with Crippen molar-refractivity contribution in [2.45, 2.75) is 88.9 Å². The van der Waals surface area contributed by atoms with Crippen LogP contribution in [0.5, 0.6) is 0 Å². The van der Waals surface area contributed by atoms with Crippen LogP contribution in [0, 0.1) is 0 Å². The van der Waals surface area contributed by atoms with Gasteiger partial charge in [0.25, 0.3) is 0 Å². The molecule has 0 unspecified atom stereocenters. The molecule has 0 N–H and O–H groups in total. The zero-order valence-corrected chi connectivity index (χ0v) is 17.6. The molecular formula is C20H30P2S. The summed E-state index contributed by atoms with van der Waals surface area (Å²) in [7, 11) is 0.162. The molecule has 4 atom stereocenters. The average Bonchev–Trinajstić information content (AvgIpc) is 3.16. The van der Waals surface area contributed by atoms with Gasteiger partial charge in [0.05, 0.1) is 0 Å². The maximum Gasteiger partial charge on any atom is 0.0369 e. The first-order valence-corrected chi connectivity index (χ1v) is 13.2. The fraction of sp³-hybridized carbons (Fsp3) is 0.700. The molecule has 2 aliphatic heterocycles. The van der Waals surface area contributed by atoms with E-state index in [0.29, 0.717) is 0 Å². The second-order valence-corrected chi connectivity index (χ2v) is 15.3. The lowest BCUT2D eigenvalue weighted by molar-refractivity contribution is 0.777. The van der Waals surface area contributed by atoms with Gasteiger partial charge in [-0.2, -0.15) is 0 Å². The molecule has 126 valence electrons. The van der Waals surface area contributed by atoms with Crippen molar-refractivity contribution in [3.8, 4) is 0 Å². The Hall–Kier alpha value is 0.300. The fourth-order valence-corrected chi connectivity index (χ4v) is 15.1. The molecule has 0 radical (unpaired) electrons. The summed E-state index contributed by atoms with van der Waals surface area (Å²) in [5.41, 5.74) is 5.60. The van der Waals surface area contributed by atoms with Gasteiger partial charge in [0.15, 0.2) is 0 Å². The van der Waals surface area contributed by atoms with E-state index in [9.17, 15) is 0 Å². The first-order valence-electron chi connectivity index (χ1n) is 9.46. The summed E-state index contributed by atoms with van der Waals surface area (Å²) in [5.74, 6) is 0. The van der Waals surface area contributed by atoms with Gasteiger partial charge in [0, 0.05) is 9.50 Å². The molecule has 1 aromatic rings. The Morgan fingerprint density at radius 2 is 1.43 bits per heavy atom. The zero-order chi connectivity index (χ0) is 16.1. The molecule has 0 amide bonds. The van der Waals surface area contributed by atoms with Crippen LogP contribution in [0.1, 0.15) is 70.2 Å². The molecule has 2 fully saturated rings. The Bertz CT molecular complexity index is 597. The minimum absolute atomic E-state index is 0.0774. The molecule has 3 aliphatic rings. The van der Waals surface area contributed by atoms with Crippen molar-refractivity contribution < 1.29 is 0 Å². The first kappa shape index (κ1) is 16.8. The topological polar surface area (TPSA) is 0 Å². The van der Waals surface area contributed by atoms with E-state index in [1.54, 1.807) is 10.4 Å². The predicted molar refractivity (Wildman–Crippen MR) is 111 cm³/mol. The van der Waals surface area contributed by atoms with Gasteiger partial charge < -0.3 is 0 Å². The number of hydrogen-bond donors (Lipinski definition) is 0. The van der Waals surface area contributed by atoms with Crippen molar-refractivity contribution in [3.05, 3.63) is 16.5 Å². The normalized spacial score (nSPS) is 35.1. The average molecular weight is 364 g/mol. The van der Waals surface area contributed by atoms with E-state index >= 15 is 0 Å². The molecule has 0 bridgehead atoms. The molecule has 1 aliphatic carbocycles. The van der Waals surface area contributed by atoms with Crippen LogP contribution >= 0.6 is 27.2 Å². The monoisotopic (exact) mass is 364 g/mol. The van der Waals surface area contributed by atoms with Crippen molar-refractivity contribution in [1.82, 2.24) is 0 Å². The Kier molecular flexibility index (Phi) is 4.77. The van der Waals surface area contributed by atoms with E-state index in [1.165, 1.54) is 38.5 Å². The highest BCUT2D eigenvalue weighted by Crippen LogP contribution is 2.61. The Morgan fingerprint density at radius 1 is 0.870 bits per heavy atom. The zero-order valence-electron chi connectivity index (χ0n) is 15.0. The number of rotatable bonds is 2. The molecule has 2 saturated heterocycles. The van der Waals surface area contributed by atoms with Crippen molar-refractivity contribution in [2.24, 2.45) is 0 Å². The third kappa shape index (κ3) is 2.80. The van der Waals surface area contributed by atoms with E-state index in [-0.39, 0.29) is 15.8 Å². The van der Waals surface area contributed by atoms with Gasteiger partial charge in [-0.3, -0.25) is 0 Å². The Balaban J connectivity index is 1.85. The van der Waals surface area contributed by atoms with Crippen LogP contribution in [0.4, 0.5) is 0 Å². The number of thiophene rings is 1. The molecule has 1 aromatic heterocycles. The summed E-state index contributed by atoms with van der Waals surface area (Å²) in [6.45, 7) is 10.2. The van der Waals surface area contributed by atoms with Gasteiger partial charge in [-0.15, -0.1) is 11.3 Å². The van der Waals surface area contributed by atoms with E-state index in [0.717, 1.165) is 22.6 Å². The summed E-state index contributed by atoms with van der Waals surface area (Å²) in [5, 5.41) is 1.94. The van der Waals surface area contributed by atoms with Gasteiger partial charge >= 0.3 is 0 Å². The van der Waals surface area contributed by atoms with Crippen LogP contribution in [0.3, 0.4) is 0 Å². The van der Waals surface area contributed by atoms with E-state index in [4.69, 9.17) is 0 Å². The molecule has 3 heteroatoms. The largest absolute Gasteiger partial charge is 0.135 e. The molecule has 0 spiro atoms. The molecule has 0 aromatic carbocycles. The van der Waals surface area contributed by atoms with Gasteiger partial charge in [0.2, 0.25) is 0 Å². The van der Waals surface area contributed by atoms with E-state index in [2.05, 4.69) is 51.2 Å². The first-order chi connectivity index (χ1) is 11.1. The summed E-state index contributed by atoms with van der Waals surface area (Å²) >= 11 is 2.22. The second-order valence-electron chi connectivity index (χ2n) is 7.90. The van der Waals surface area contributed by atoms with E-state index in [1.807, 2.05) is 9.92 Å². The van der Waals surface area contributed by atoms with Crippen LogP contribution in [-0.4, -0.2) is 22.6 Å². The summed E-state index contributed by atoms with van der Waals surface area (Å²) in [4.78, 5) is 1.64. The van der Waals surface area contributed by atoms with Crippen LogP contribution in [-0.2, 0) is 6.42 Å². The minimum atomic E-state index is 0.0774. The van der Waals surface area contributed by atoms with Crippen molar-refractivity contribution in [1.29, 1.82) is 0 Å². The molecule has 0 nitrogen and oxygen atoms in total. The lowest BCUT2D eigenvalue weighted by atomic mass is 10.1. The second kappa shape index (κ2) is 6.55. The maximum absolute atomic E-state index is 2.55. The van der Waals surface area contributed by atoms with Crippen LogP contribution in [0.2, 0.25) is 0 Å². The summed E-state index contributed by atoms with van der Waals surface area (Å²) < 4.78 is 1.90. The van der Waals surface area contributed by atoms with Gasteiger partial charge in [-0.1, -0.05) is 49.6 Å². The smallest absolute Gasteiger partial charge is 0.0369 e. The van der Waals surface area contributed by atoms with Gasteiger partial charge in [0.1, 0.15) is 0 Å². The maximum atomic E-state index is 2.55. The third-order valence-electron chi connectivity index (χ3n) is 6.22. The Labute approximate surface area is 148 Å². The Morgan fingerprint density at radius 3 is 2.04 bits per heavy atom. The van der Waals surface area contributed by atoms with Gasteiger partial charge in [-0.25, -0.2) is 0 Å². The number of fused-ring (bicyclic) bond motifs is 1. The lowest BCUT2D eigenvalue weighted by Crippen LogP contribution is -2.27. The van der Waals surface area contributed by atoms with Crippen LogP contribution < -0.4 is 9.92 Å². The van der Waals surface area contributed by atoms with Gasteiger partial charge in [-0.05, 0) is 78.1 Å². The van der Waals surface area contributed by atoms with Crippen LogP contribution in [0.15, 0.2) is 6.08 Å². The highest BCUT2D eigenvalue weighted by Gasteiger charge is 2.41. The number of allylic oxidation sites excluding steroid dienone is 1. The molecule has 0 saturated carbocycles. The lowest BCUT2D eigenvalue weighted by Gasteiger charge is -2.28. The molecule has 3 heterocycles. The quantitative estimate of drug-likeness (QED) is 0.559. The fourth-order valence-electron chi connectivity index (χ4n) is 4.93. The molecule has 4 rings (SSSR count). The van der Waals surface area contributed by atoms with Crippen molar-refractivity contribution >= 4 is 43.2 Å². The third-order valence-corrected chi connectivity index (χ3v) is 15.0. The predicted octanol–water partition coefficient (Wildman–Crippen LogP) is 6.06. The van der Waals surface area contributed by atoms with Crippen LogP contribution in [0.25, 0.3) is 6.08 Å². The highest BCUT2D eigenvalue weighted by atomic mass is 32.1. The molecular weight excluding hydrogens is 334 g/mol. The number of hydrogen-bond acceptors (Lipinski definition) is 1. The van der Waals surface area contributed by atoms with Crippen molar-refractivity contribution in [3.63, 3.8) is 0 Å². The highest BCUT2D eigenvalue weighted by molar-refractivity contribution is 7.78. The SMILES string of the molecule is C[C@H]1CC[C@H](C)P1c1sc2c(c1P1[C@@H](C)CC[C@@H]1C)CCC=C2.